The molecule has 1 atom stereocenters. The van der Waals surface area contributed by atoms with Crippen LogP contribution in [-0.2, 0) is 6.54 Å². The Hall–Kier alpha value is -0.470. The van der Waals surface area contributed by atoms with Crippen molar-refractivity contribution in [2.45, 2.75) is 32.9 Å². The van der Waals surface area contributed by atoms with E-state index in [2.05, 4.69) is 24.1 Å². The average molecular weight is 187 g/mol. The van der Waals surface area contributed by atoms with Gasteiger partial charge in [0.15, 0.2) is 0 Å². The van der Waals surface area contributed by atoms with E-state index >= 15 is 0 Å². The Labute approximate surface area is 78.3 Å². The molecule has 0 aliphatic carbocycles. The topological polar surface area (TPSA) is 27.8 Å². The number of nitrogens with one attached hydrogen (secondary N) is 2. The van der Waals surface area contributed by atoms with Crippen molar-refractivity contribution in [3.8, 4) is 0 Å². The van der Waals surface area contributed by atoms with Gasteiger partial charge in [-0.15, -0.1) is 0 Å². The van der Waals surface area contributed by atoms with Gasteiger partial charge in [0, 0.05) is 24.5 Å². The first kappa shape index (κ1) is 9.62. The molecule has 0 saturated carbocycles. The van der Waals surface area contributed by atoms with Crippen LogP contribution in [0.2, 0.25) is 5.02 Å². The molecule has 0 aliphatic heterocycles. The molecule has 0 bridgehead atoms. The SMILES string of the molecule is CCC(C)NCc1cc(Cl)c[nH]1. The van der Waals surface area contributed by atoms with E-state index in [0.29, 0.717) is 6.04 Å². The number of halogens is 1. The maximum absolute atomic E-state index is 5.75. The maximum Gasteiger partial charge on any atom is 0.0583 e. The van der Waals surface area contributed by atoms with Gasteiger partial charge in [0.25, 0.3) is 0 Å². The second-order valence-electron chi connectivity index (χ2n) is 3.03. The van der Waals surface area contributed by atoms with Crippen LogP contribution in [-0.4, -0.2) is 11.0 Å². The zero-order chi connectivity index (χ0) is 8.97. The van der Waals surface area contributed by atoms with E-state index in [9.17, 15) is 0 Å². The van der Waals surface area contributed by atoms with Crippen molar-refractivity contribution in [2.24, 2.45) is 0 Å². The molecule has 2 nitrogen and oxygen atoms in total. The highest BCUT2D eigenvalue weighted by molar-refractivity contribution is 6.30. The molecule has 1 heterocycles. The number of H-pyrrole nitrogens is 1. The van der Waals surface area contributed by atoms with Crippen molar-refractivity contribution in [3.63, 3.8) is 0 Å². The lowest BCUT2D eigenvalue weighted by Gasteiger charge is -2.09. The number of hydrogen-bond acceptors (Lipinski definition) is 1. The lowest BCUT2D eigenvalue weighted by atomic mass is 10.2. The van der Waals surface area contributed by atoms with Crippen LogP contribution in [0.15, 0.2) is 12.3 Å². The molecule has 1 aromatic rings. The molecule has 1 rings (SSSR count). The number of rotatable bonds is 4. The molecule has 0 saturated heterocycles. The molecular weight excluding hydrogens is 172 g/mol. The number of hydrogen-bond donors (Lipinski definition) is 2. The summed E-state index contributed by atoms with van der Waals surface area (Å²) in [6.45, 7) is 5.20. The summed E-state index contributed by atoms with van der Waals surface area (Å²) in [7, 11) is 0. The average Bonchev–Trinajstić information content (AvgIpc) is 2.47. The van der Waals surface area contributed by atoms with E-state index < -0.39 is 0 Å². The van der Waals surface area contributed by atoms with Crippen LogP contribution >= 0.6 is 11.6 Å². The molecule has 0 aromatic carbocycles. The van der Waals surface area contributed by atoms with Gasteiger partial charge in [0.05, 0.1) is 5.02 Å². The highest BCUT2D eigenvalue weighted by Gasteiger charge is 1.99. The fraction of sp³-hybridized carbons (Fsp3) is 0.556. The standard InChI is InChI=1S/C9H15ClN2/c1-3-7(2)11-6-9-4-8(10)5-12-9/h4-5,7,11-12H,3,6H2,1-2H3. The van der Waals surface area contributed by atoms with Crippen molar-refractivity contribution in [1.82, 2.24) is 10.3 Å². The Morgan fingerprint density at radius 3 is 2.92 bits per heavy atom. The second-order valence-corrected chi connectivity index (χ2v) is 3.47. The number of aromatic nitrogens is 1. The first-order valence-corrected chi connectivity index (χ1v) is 4.66. The molecule has 2 N–H and O–H groups in total. The summed E-state index contributed by atoms with van der Waals surface area (Å²) in [4.78, 5) is 3.09. The van der Waals surface area contributed by atoms with E-state index in [1.54, 1.807) is 6.20 Å². The summed E-state index contributed by atoms with van der Waals surface area (Å²) in [6, 6.07) is 2.50. The minimum Gasteiger partial charge on any atom is -0.363 e. The highest BCUT2D eigenvalue weighted by atomic mass is 35.5. The first-order valence-electron chi connectivity index (χ1n) is 4.28. The zero-order valence-electron chi connectivity index (χ0n) is 7.52. The zero-order valence-corrected chi connectivity index (χ0v) is 8.28. The van der Waals surface area contributed by atoms with Gasteiger partial charge in [-0.3, -0.25) is 0 Å². The van der Waals surface area contributed by atoms with Gasteiger partial charge in [-0.1, -0.05) is 18.5 Å². The third-order valence-electron chi connectivity index (χ3n) is 1.96. The summed E-state index contributed by atoms with van der Waals surface area (Å²) < 4.78 is 0. The van der Waals surface area contributed by atoms with Gasteiger partial charge in [-0.05, 0) is 19.4 Å². The molecule has 3 heteroatoms. The van der Waals surface area contributed by atoms with Gasteiger partial charge in [-0.25, -0.2) is 0 Å². The molecule has 0 fully saturated rings. The lowest BCUT2D eigenvalue weighted by molar-refractivity contribution is 0.530. The van der Waals surface area contributed by atoms with Gasteiger partial charge < -0.3 is 10.3 Å². The van der Waals surface area contributed by atoms with Crippen LogP contribution in [0.3, 0.4) is 0 Å². The van der Waals surface area contributed by atoms with Gasteiger partial charge in [0.2, 0.25) is 0 Å². The third-order valence-corrected chi connectivity index (χ3v) is 2.18. The Morgan fingerprint density at radius 2 is 2.42 bits per heavy atom. The van der Waals surface area contributed by atoms with Crippen LogP contribution in [0, 0.1) is 0 Å². The predicted molar refractivity (Wildman–Crippen MR) is 52.4 cm³/mol. The molecule has 0 radical (unpaired) electrons. The van der Waals surface area contributed by atoms with Crippen molar-refractivity contribution in [3.05, 3.63) is 23.0 Å². The number of aromatic amines is 1. The van der Waals surface area contributed by atoms with E-state index in [0.717, 1.165) is 23.7 Å². The van der Waals surface area contributed by atoms with Crippen LogP contribution in [0.5, 0.6) is 0 Å². The molecule has 0 spiro atoms. The highest BCUT2D eigenvalue weighted by Crippen LogP contribution is 2.09. The summed E-state index contributed by atoms with van der Waals surface area (Å²) in [5.41, 5.74) is 1.14. The Balaban J connectivity index is 2.33. The molecular formula is C9H15ClN2. The van der Waals surface area contributed by atoms with Crippen LogP contribution in [0.25, 0.3) is 0 Å². The normalized spacial score (nSPS) is 13.2. The second kappa shape index (κ2) is 4.53. The summed E-state index contributed by atoms with van der Waals surface area (Å²) >= 11 is 5.75. The fourth-order valence-electron chi connectivity index (χ4n) is 0.942. The van der Waals surface area contributed by atoms with Crippen LogP contribution in [0.1, 0.15) is 26.0 Å². The molecule has 12 heavy (non-hydrogen) atoms. The first-order chi connectivity index (χ1) is 5.72. The summed E-state index contributed by atoms with van der Waals surface area (Å²) in [5, 5.41) is 4.15. The minimum absolute atomic E-state index is 0.562. The molecule has 0 aliphatic rings. The van der Waals surface area contributed by atoms with Gasteiger partial charge >= 0.3 is 0 Å². The molecule has 0 amide bonds. The van der Waals surface area contributed by atoms with E-state index in [1.165, 1.54) is 0 Å². The monoisotopic (exact) mass is 186 g/mol. The maximum atomic E-state index is 5.75. The quantitative estimate of drug-likeness (QED) is 0.743. The lowest BCUT2D eigenvalue weighted by Crippen LogP contribution is -2.24. The summed E-state index contributed by atoms with van der Waals surface area (Å²) in [5.74, 6) is 0. The fourth-order valence-corrected chi connectivity index (χ4v) is 1.13. The Bertz CT molecular complexity index is 232. The van der Waals surface area contributed by atoms with E-state index in [1.807, 2.05) is 6.07 Å². The van der Waals surface area contributed by atoms with Crippen molar-refractivity contribution < 1.29 is 0 Å². The smallest absolute Gasteiger partial charge is 0.0583 e. The van der Waals surface area contributed by atoms with Crippen molar-refractivity contribution in [1.29, 1.82) is 0 Å². The third kappa shape index (κ3) is 2.88. The molecule has 1 unspecified atom stereocenters. The van der Waals surface area contributed by atoms with Crippen LogP contribution in [0.4, 0.5) is 0 Å². The van der Waals surface area contributed by atoms with E-state index in [4.69, 9.17) is 11.6 Å². The predicted octanol–water partition coefficient (Wildman–Crippen LogP) is 2.56. The largest absolute Gasteiger partial charge is 0.363 e. The Morgan fingerprint density at radius 1 is 1.67 bits per heavy atom. The minimum atomic E-state index is 0.562. The van der Waals surface area contributed by atoms with Crippen molar-refractivity contribution in [2.75, 3.05) is 0 Å². The summed E-state index contributed by atoms with van der Waals surface area (Å²) in [6.07, 6.45) is 2.95. The Kier molecular flexibility index (Phi) is 3.63. The van der Waals surface area contributed by atoms with Crippen LogP contribution < -0.4 is 5.32 Å². The van der Waals surface area contributed by atoms with E-state index in [-0.39, 0.29) is 0 Å². The molecule has 1 aromatic heterocycles. The molecule has 68 valence electrons. The van der Waals surface area contributed by atoms with Crippen molar-refractivity contribution >= 4 is 11.6 Å². The van der Waals surface area contributed by atoms with Gasteiger partial charge in [0.1, 0.15) is 0 Å². The van der Waals surface area contributed by atoms with Gasteiger partial charge in [-0.2, -0.15) is 0 Å².